The van der Waals surface area contributed by atoms with Crippen LogP contribution in [0.2, 0.25) is 0 Å². The van der Waals surface area contributed by atoms with Gasteiger partial charge in [0, 0.05) is 11.8 Å². The normalized spacial score (nSPS) is 12.0. The third-order valence-electron chi connectivity index (χ3n) is 2.18. The molecule has 0 saturated carbocycles. The van der Waals surface area contributed by atoms with E-state index in [1.807, 2.05) is 11.8 Å². The maximum atomic E-state index is 5.95. The SMILES string of the molecule is CCCC(CCl)(CCl)CCSC. The molecule has 0 aromatic rings. The van der Waals surface area contributed by atoms with Crippen molar-refractivity contribution >= 4 is 35.0 Å². The van der Waals surface area contributed by atoms with E-state index in [2.05, 4.69) is 13.2 Å². The molecule has 3 heteroatoms. The van der Waals surface area contributed by atoms with Gasteiger partial charge in [-0.3, -0.25) is 0 Å². The van der Waals surface area contributed by atoms with Crippen molar-refractivity contribution in [2.24, 2.45) is 5.41 Å². The van der Waals surface area contributed by atoms with Crippen molar-refractivity contribution in [1.82, 2.24) is 0 Å². The molecule has 0 heterocycles. The van der Waals surface area contributed by atoms with Crippen molar-refractivity contribution in [1.29, 1.82) is 0 Å². The minimum atomic E-state index is 0.195. The fourth-order valence-corrected chi connectivity index (χ4v) is 2.73. The first kappa shape index (κ1) is 12.9. The van der Waals surface area contributed by atoms with Crippen LogP contribution >= 0.6 is 35.0 Å². The summed E-state index contributed by atoms with van der Waals surface area (Å²) >= 11 is 13.8. The molecule has 0 nitrogen and oxygen atoms in total. The molecule has 0 spiro atoms. The lowest BCUT2D eigenvalue weighted by atomic mass is 9.85. The minimum Gasteiger partial charge on any atom is -0.165 e. The molecule has 0 N–H and O–H groups in total. The molecule has 12 heavy (non-hydrogen) atoms. The molecule has 0 fully saturated rings. The van der Waals surface area contributed by atoms with Crippen molar-refractivity contribution in [2.45, 2.75) is 26.2 Å². The van der Waals surface area contributed by atoms with E-state index in [1.54, 1.807) is 0 Å². The van der Waals surface area contributed by atoms with Crippen LogP contribution in [0.15, 0.2) is 0 Å². The molecule has 0 aromatic heterocycles. The van der Waals surface area contributed by atoms with Crippen LogP contribution in [-0.4, -0.2) is 23.8 Å². The van der Waals surface area contributed by atoms with Crippen molar-refractivity contribution in [3.8, 4) is 0 Å². The molecule has 0 aromatic carbocycles. The number of halogens is 2. The second-order valence-electron chi connectivity index (χ2n) is 3.26. The van der Waals surface area contributed by atoms with Gasteiger partial charge in [-0.15, -0.1) is 23.2 Å². The molecule has 0 aliphatic carbocycles. The molecule has 0 amide bonds. The van der Waals surface area contributed by atoms with Crippen LogP contribution in [0, 0.1) is 5.41 Å². The van der Waals surface area contributed by atoms with Crippen LogP contribution in [0.5, 0.6) is 0 Å². The van der Waals surface area contributed by atoms with Crippen molar-refractivity contribution in [2.75, 3.05) is 23.8 Å². The van der Waals surface area contributed by atoms with Crippen molar-refractivity contribution in [3.63, 3.8) is 0 Å². The Balaban J connectivity index is 3.95. The Morgan fingerprint density at radius 1 is 1.17 bits per heavy atom. The van der Waals surface area contributed by atoms with Crippen LogP contribution in [0.1, 0.15) is 26.2 Å². The van der Waals surface area contributed by atoms with Gasteiger partial charge in [0.25, 0.3) is 0 Å². The van der Waals surface area contributed by atoms with Gasteiger partial charge in [-0.1, -0.05) is 13.3 Å². The quantitative estimate of drug-likeness (QED) is 0.594. The topological polar surface area (TPSA) is 0 Å². The molecule has 0 radical (unpaired) electrons. The maximum Gasteiger partial charge on any atom is 0.0291 e. The summed E-state index contributed by atoms with van der Waals surface area (Å²) in [6.07, 6.45) is 5.60. The van der Waals surface area contributed by atoms with E-state index < -0.39 is 0 Å². The van der Waals surface area contributed by atoms with Crippen molar-refractivity contribution < 1.29 is 0 Å². The number of hydrogen-bond acceptors (Lipinski definition) is 1. The smallest absolute Gasteiger partial charge is 0.0291 e. The Kier molecular flexibility index (Phi) is 7.91. The van der Waals surface area contributed by atoms with Crippen LogP contribution in [0.3, 0.4) is 0 Å². The molecule has 0 bridgehead atoms. The summed E-state index contributed by atoms with van der Waals surface area (Å²) in [7, 11) is 0. The lowest BCUT2D eigenvalue weighted by molar-refractivity contribution is 0.333. The molecule has 0 unspecified atom stereocenters. The Morgan fingerprint density at radius 3 is 2.08 bits per heavy atom. The van der Waals surface area contributed by atoms with Gasteiger partial charge >= 0.3 is 0 Å². The summed E-state index contributed by atoms with van der Waals surface area (Å²) < 4.78 is 0. The predicted molar refractivity (Wildman–Crippen MR) is 61.8 cm³/mol. The molecule has 0 aliphatic rings. The summed E-state index contributed by atoms with van der Waals surface area (Å²) in [5, 5.41) is 0. The first-order valence-electron chi connectivity index (χ1n) is 4.35. The molecule has 0 aliphatic heterocycles. The first-order valence-corrected chi connectivity index (χ1v) is 6.82. The van der Waals surface area contributed by atoms with Crippen LogP contribution < -0.4 is 0 Å². The largest absolute Gasteiger partial charge is 0.165 e. The highest BCUT2D eigenvalue weighted by molar-refractivity contribution is 7.98. The summed E-state index contributed by atoms with van der Waals surface area (Å²) in [5.41, 5.74) is 0.195. The summed E-state index contributed by atoms with van der Waals surface area (Å²) in [4.78, 5) is 0. The molecule has 0 rings (SSSR count). The summed E-state index contributed by atoms with van der Waals surface area (Å²) in [6, 6.07) is 0. The lowest BCUT2D eigenvalue weighted by Gasteiger charge is -2.28. The highest BCUT2D eigenvalue weighted by Gasteiger charge is 2.26. The Bertz CT molecular complexity index is 103. The van der Waals surface area contributed by atoms with E-state index in [4.69, 9.17) is 23.2 Å². The highest BCUT2D eigenvalue weighted by Crippen LogP contribution is 2.32. The summed E-state index contributed by atoms with van der Waals surface area (Å²) in [5.74, 6) is 2.56. The third-order valence-corrected chi connectivity index (χ3v) is 3.93. The van der Waals surface area contributed by atoms with E-state index in [9.17, 15) is 0 Å². The van der Waals surface area contributed by atoms with Crippen LogP contribution in [0.4, 0.5) is 0 Å². The molecular formula is C9H18Cl2S. The van der Waals surface area contributed by atoms with Gasteiger partial charge in [-0.05, 0) is 30.3 Å². The standard InChI is InChI=1S/C9H18Cl2S/c1-3-4-9(7-10,8-11)5-6-12-2/h3-8H2,1-2H3. The van der Waals surface area contributed by atoms with E-state index in [1.165, 1.54) is 12.2 Å². The number of thioether (sulfide) groups is 1. The zero-order valence-corrected chi connectivity index (χ0v) is 10.2. The average Bonchev–Trinajstić information content (AvgIpc) is 2.13. The molecule has 0 saturated heterocycles. The van der Waals surface area contributed by atoms with E-state index in [0.717, 1.165) is 12.8 Å². The Hall–Kier alpha value is 0.930. The van der Waals surface area contributed by atoms with Gasteiger partial charge in [-0.2, -0.15) is 11.8 Å². The molecule has 74 valence electrons. The fraction of sp³-hybridized carbons (Fsp3) is 1.00. The second kappa shape index (κ2) is 7.34. The summed E-state index contributed by atoms with van der Waals surface area (Å²) in [6.45, 7) is 2.19. The Morgan fingerprint density at radius 2 is 1.75 bits per heavy atom. The lowest BCUT2D eigenvalue weighted by Crippen LogP contribution is -2.25. The Labute approximate surface area is 90.4 Å². The van der Waals surface area contributed by atoms with E-state index in [-0.39, 0.29) is 5.41 Å². The number of hydrogen-bond donors (Lipinski definition) is 0. The second-order valence-corrected chi connectivity index (χ2v) is 4.78. The zero-order chi connectivity index (χ0) is 9.45. The number of alkyl halides is 2. The van der Waals surface area contributed by atoms with E-state index >= 15 is 0 Å². The van der Waals surface area contributed by atoms with Gasteiger partial charge in [0.1, 0.15) is 0 Å². The first-order chi connectivity index (χ1) is 5.74. The monoisotopic (exact) mass is 228 g/mol. The third kappa shape index (κ3) is 4.25. The molecule has 0 atom stereocenters. The van der Waals surface area contributed by atoms with E-state index in [0.29, 0.717) is 11.8 Å². The minimum absolute atomic E-state index is 0.195. The van der Waals surface area contributed by atoms with Gasteiger partial charge in [0.05, 0.1) is 0 Å². The maximum absolute atomic E-state index is 5.95. The van der Waals surface area contributed by atoms with Gasteiger partial charge < -0.3 is 0 Å². The zero-order valence-electron chi connectivity index (χ0n) is 7.91. The average molecular weight is 229 g/mol. The highest BCUT2D eigenvalue weighted by atomic mass is 35.5. The fourth-order valence-electron chi connectivity index (χ4n) is 1.28. The van der Waals surface area contributed by atoms with Crippen LogP contribution in [-0.2, 0) is 0 Å². The van der Waals surface area contributed by atoms with Gasteiger partial charge in [0.15, 0.2) is 0 Å². The predicted octanol–water partition coefficient (Wildman–Crippen LogP) is 4.00. The van der Waals surface area contributed by atoms with Crippen molar-refractivity contribution in [3.05, 3.63) is 0 Å². The number of rotatable bonds is 7. The van der Waals surface area contributed by atoms with Crippen LogP contribution in [0.25, 0.3) is 0 Å². The van der Waals surface area contributed by atoms with Gasteiger partial charge in [-0.25, -0.2) is 0 Å². The van der Waals surface area contributed by atoms with Gasteiger partial charge in [0.2, 0.25) is 0 Å². The molecular weight excluding hydrogens is 211 g/mol.